The highest BCUT2D eigenvalue weighted by molar-refractivity contribution is 6.04. The van der Waals surface area contributed by atoms with E-state index >= 15 is 0 Å². The SMILES string of the molecule is CCc1ccc(C(=O)Nc2ccc(N3CCCC[C@@H]3C)c(N)c2)cc1. The maximum Gasteiger partial charge on any atom is 0.255 e. The van der Waals surface area contributed by atoms with Crippen molar-refractivity contribution in [3.05, 3.63) is 53.6 Å². The van der Waals surface area contributed by atoms with Crippen molar-refractivity contribution < 1.29 is 4.79 Å². The zero-order chi connectivity index (χ0) is 17.8. The maximum atomic E-state index is 12.4. The summed E-state index contributed by atoms with van der Waals surface area (Å²) in [5.41, 5.74) is 10.7. The van der Waals surface area contributed by atoms with E-state index in [2.05, 4.69) is 24.1 Å². The van der Waals surface area contributed by atoms with Crippen molar-refractivity contribution in [1.82, 2.24) is 0 Å². The van der Waals surface area contributed by atoms with Crippen molar-refractivity contribution in [3.63, 3.8) is 0 Å². The Morgan fingerprint density at radius 3 is 2.60 bits per heavy atom. The molecule has 1 fully saturated rings. The molecule has 4 nitrogen and oxygen atoms in total. The molecule has 4 heteroatoms. The number of nitrogen functional groups attached to an aromatic ring is 1. The first kappa shape index (κ1) is 17.3. The highest BCUT2D eigenvalue weighted by Crippen LogP contribution is 2.31. The molecule has 1 saturated heterocycles. The van der Waals surface area contributed by atoms with Crippen LogP contribution in [0.4, 0.5) is 17.1 Å². The average Bonchev–Trinajstić information content (AvgIpc) is 2.63. The van der Waals surface area contributed by atoms with Crippen LogP contribution in [0.15, 0.2) is 42.5 Å². The van der Waals surface area contributed by atoms with Gasteiger partial charge in [-0.1, -0.05) is 19.1 Å². The van der Waals surface area contributed by atoms with Crippen LogP contribution in [0.5, 0.6) is 0 Å². The van der Waals surface area contributed by atoms with Crippen molar-refractivity contribution >= 4 is 23.0 Å². The van der Waals surface area contributed by atoms with Gasteiger partial charge in [0.05, 0.1) is 11.4 Å². The topological polar surface area (TPSA) is 58.4 Å². The molecule has 2 aromatic carbocycles. The summed E-state index contributed by atoms with van der Waals surface area (Å²) >= 11 is 0. The van der Waals surface area contributed by atoms with Gasteiger partial charge in [-0.3, -0.25) is 4.79 Å². The Kier molecular flexibility index (Phi) is 5.27. The van der Waals surface area contributed by atoms with E-state index in [1.165, 1.54) is 24.8 Å². The van der Waals surface area contributed by atoms with Crippen molar-refractivity contribution in [3.8, 4) is 0 Å². The minimum atomic E-state index is -0.110. The largest absolute Gasteiger partial charge is 0.397 e. The fourth-order valence-corrected chi connectivity index (χ4v) is 3.44. The molecule has 1 aliphatic rings. The number of rotatable bonds is 4. The predicted octanol–water partition coefficient (Wildman–Crippen LogP) is 4.46. The Morgan fingerprint density at radius 2 is 1.96 bits per heavy atom. The lowest BCUT2D eigenvalue weighted by Gasteiger charge is -2.36. The summed E-state index contributed by atoms with van der Waals surface area (Å²) in [6, 6.07) is 14.0. The number of carbonyl (C=O) groups is 1. The molecule has 0 radical (unpaired) electrons. The Bertz CT molecular complexity index is 739. The number of hydrogen-bond acceptors (Lipinski definition) is 3. The van der Waals surface area contributed by atoms with Crippen molar-refractivity contribution in [1.29, 1.82) is 0 Å². The van der Waals surface area contributed by atoms with Crippen LogP contribution in [0.25, 0.3) is 0 Å². The van der Waals surface area contributed by atoms with E-state index < -0.39 is 0 Å². The van der Waals surface area contributed by atoms with Gasteiger partial charge in [0.25, 0.3) is 5.91 Å². The number of carbonyl (C=O) groups excluding carboxylic acids is 1. The summed E-state index contributed by atoms with van der Waals surface area (Å²) in [6.45, 7) is 5.39. The van der Waals surface area contributed by atoms with Crippen LogP contribution in [0.3, 0.4) is 0 Å². The van der Waals surface area contributed by atoms with E-state index in [0.29, 0.717) is 17.3 Å². The third kappa shape index (κ3) is 3.95. The molecular weight excluding hydrogens is 310 g/mol. The average molecular weight is 337 g/mol. The summed E-state index contributed by atoms with van der Waals surface area (Å²) in [5.74, 6) is -0.110. The number of hydrogen-bond donors (Lipinski definition) is 2. The highest BCUT2D eigenvalue weighted by Gasteiger charge is 2.20. The molecule has 1 atom stereocenters. The molecular formula is C21H27N3O. The number of nitrogens with two attached hydrogens (primary N) is 1. The summed E-state index contributed by atoms with van der Waals surface area (Å²) in [6.07, 6.45) is 4.65. The zero-order valence-electron chi connectivity index (χ0n) is 15.1. The number of piperidine rings is 1. The van der Waals surface area contributed by atoms with Crippen LogP contribution in [-0.4, -0.2) is 18.5 Å². The number of nitrogens with one attached hydrogen (secondary N) is 1. The van der Waals surface area contributed by atoms with Gasteiger partial charge in [-0.25, -0.2) is 0 Å². The number of amides is 1. The smallest absolute Gasteiger partial charge is 0.255 e. The lowest BCUT2D eigenvalue weighted by Crippen LogP contribution is -2.37. The second-order valence-corrected chi connectivity index (χ2v) is 6.82. The van der Waals surface area contributed by atoms with Gasteiger partial charge in [0.1, 0.15) is 0 Å². The molecule has 2 aromatic rings. The van der Waals surface area contributed by atoms with E-state index in [-0.39, 0.29) is 5.91 Å². The molecule has 1 aliphatic heterocycles. The summed E-state index contributed by atoms with van der Waals surface area (Å²) in [5, 5.41) is 2.94. The van der Waals surface area contributed by atoms with Gasteiger partial charge in [0, 0.05) is 23.8 Å². The monoisotopic (exact) mass is 337 g/mol. The quantitative estimate of drug-likeness (QED) is 0.810. The van der Waals surface area contributed by atoms with Crippen LogP contribution < -0.4 is 16.0 Å². The molecule has 3 N–H and O–H groups in total. The van der Waals surface area contributed by atoms with Crippen LogP contribution in [0.2, 0.25) is 0 Å². The third-order valence-electron chi connectivity index (χ3n) is 5.02. The molecule has 1 amide bonds. The Morgan fingerprint density at radius 1 is 1.20 bits per heavy atom. The summed E-state index contributed by atoms with van der Waals surface area (Å²) < 4.78 is 0. The Labute approximate surface area is 150 Å². The van der Waals surface area contributed by atoms with Crippen molar-refractivity contribution in [2.75, 3.05) is 22.5 Å². The van der Waals surface area contributed by atoms with Gasteiger partial charge < -0.3 is 16.0 Å². The minimum Gasteiger partial charge on any atom is -0.397 e. The standard InChI is InChI=1S/C21H27N3O/c1-3-16-7-9-17(10-8-16)21(25)23-18-11-12-20(19(22)14-18)24-13-5-4-6-15(24)2/h7-12,14-15H,3-6,13,22H2,1-2H3,(H,23,25)/t15-/m0/s1. The van der Waals surface area contributed by atoms with Gasteiger partial charge >= 0.3 is 0 Å². The second kappa shape index (κ2) is 7.60. The van der Waals surface area contributed by atoms with E-state index in [1.807, 2.05) is 42.5 Å². The normalized spacial score (nSPS) is 17.4. The van der Waals surface area contributed by atoms with Gasteiger partial charge in [0.15, 0.2) is 0 Å². The van der Waals surface area contributed by atoms with Crippen LogP contribution in [0.1, 0.15) is 49.0 Å². The Hall–Kier alpha value is -2.49. The first-order valence-electron chi connectivity index (χ1n) is 9.15. The summed E-state index contributed by atoms with van der Waals surface area (Å²) in [4.78, 5) is 14.8. The zero-order valence-corrected chi connectivity index (χ0v) is 15.1. The number of benzene rings is 2. The highest BCUT2D eigenvalue weighted by atomic mass is 16.1. The predicted molar refractivity (Wildman–Crippen MR) is 105 cm³/mol. The van der Waals surface area contributed by atoms with Gasteiger partial charge in [-0.15, -0.1) is 0 Å². The molecule has 0 saturated carbocycles. The number of nitrogens with zero attached hydrogens (tertiary/aromatic N) is 1. The Balaban J connectivity index is 1.72. The molecule has 25 heavy (non-hydrogen) atoms. The van der Waals surface area contributed by atoms with Crippen molar-refractivity contribution in [2.45, 2.75) is 45.6 Å². The van der Waals surface area contributed by atoms with Crippen LogP contribution >= 0.6 is 0 Å². The van der Waals surface area contributed by atoms with Crippen molar-refractivity contribution in [2.24, 2.45) is 0 Å². The molecule has 1 heterocycles. The maximum absolute atomic E-state index is 12.4. The molecule has 0 aromatic heterocycles. The van der Waals surface area contributed by atoms with E-state index in [1.54, 1.807) is 0 Å². The lowest BCUT2D eigenvalue weighted by molar-refractivity contribution is 0.102. The van der Waals surface area contributed by atoms with Crippen LogP contribution in [-0.2, 0) is 6.42 Å². The van der Waals surface area contributed by atoms with Gasteiger partial charge in [-0.05, 0) is 68.5 Å². The van der Waals surface area contributed by atoms with E-state index in [9.17, 15) is 4.79 Å². The molecule has 3 rings (SSSR count). The van der Waals surface area contributed by atoms with E-state index in [0.717, 1.165) is 24.3 Å². The number of aryl methyl sites for hydroxylation is 1. The molecule has 0 aliphatic carbocycles. The molecule has 132 valence electrons. The first-order chi connectivity index (χ1) is 12.1. The van der Waals surface area contributed by atoms with Gasteiger partial charge in [-0.2, -0.15) is 0 Å². The fraction of sp³-hybridized carbons (Fsp3) is 0.381. The fourth-order valence-electron chi connectivity index (χ4n) is 3.44. The van der Waals surface area contributed by atoms with Gasteiger partial charge in [0.2, 0.25) is 0 Å². The number of anilines is 3. The molecule has 0 spiro atoms. The summed E-state index contributed by atoms with van der Waals surface area (Å²) in [7, 11) is 0. The molecule has 0 bridgehead atoms. The lowest BCUT2D eigenvalue weighted by atomic mass is 10.0. The molecule has 0 unspecified atom stereocenters. The first-order valence-corrected chi connectivity index (χ1v) is 9.15. The second-order valence-electron chi connectivity index (χ2n) is 6.82. The minimum absolute atomic E-state index is 0.110. The third-order valence-corrected chi connectivity index (χ3v) is 5.02. The van der Waals surface area contributed by atoms with Crippen LogP contribution in [0, 0.1) is 0 Å². The van der Waals surface area contributed by atoms with E-state index in [4.69, 9.17) is 5.73 Å².